The molecular weight excluding hydrogens is 261 g/mol. The number of amides is 1. The van der Waals surface area contributed by atoms with Gasteiger partial charge in [-0.1, -0.05) is 5.21 Å². The monoisotopic (exact) mass is 275 g/mol. The van der Waals surface area contributed by atoms with Crippen LogP contribution in [0.4, 0.5) is 15.8 Å². The van der Waals surface area contributed by atoms with Crippen LogP contribution in [0.1, 0.15) is 17.7 Å². The average molecular weight is 275 g/mol. The van der Waals surface area contributed by atoms with Gasteiger partial charge < -0.3 is 10.6 Å². The number of fused-ring (bicyclic) bond motifs is 1. The van der Waals surface area contributed by atoms with Gasteiger partial charge in [-0.2, -0.15) is 0 Å². The van der Waals surface area contributed by atoms with Crippen LogP contribution in [0.2, 0.25) is 0 Å². The molecule has 2 N–H and O–H groups in total. The topological polar surface area (TPSA) is 71.8 Å². The highest BCUT2D eigenvalue weighted by Crippen LogP contribution is 2.28. The Hall–Kier alpha value is -2.44. The summed E-state index contributed by atoms with van der Waals surface area (Å²) in [5, 5.41) is 13.3. The van der Waals surface area contributed by atoms with Crippen LogP contribution in [0.3, 0.4) is 0 Å². The van der Waals surface area contributed by atoms with Gasteiger partial charge in [0.2, 0.25) is 5.91 Å². The first-order valence-corrected chi connectivity index (χ1v) is 6.33. The second kappa shape index (κ2) is 4.92. The number of nitrogens with zero attached hydrogens (tertiary/aromatic N) is 3. The summed E-state index contributed by atoms with van der Waals surface area (Å²) in [6, 6.07) is 3.10. The molecule has 1 aliphatic heterocycles. The van der Waals surface area contributed by atoms with Gasteiger partial charge in [0.05, 0.1) is 24.1 Å². The van der Waals surface area contributed by atoms with Crippen molar-refractivity contribution in [3.63, 3.8) is 0 Å². The predicted molar refractivity (Wildman–Crippen MR) is 71.7 cm³/mol. The molecule has 2 heterocycles. The van der Waals surface area contributed by atoms with E-state index in [9.17, 15) is 9.18 Å². The average Bonchev–Trinajstić information content (AvgIpc) is 2.82. The molecular formula is C13H14FN5O. The number of anilines is 2. The number of carbonyl (C=O) groups is 1. The van der Waals surface area contributed by atoms with E-state index < -0.39 is 0 Å². The molecule has 6 nitrogen and oxygen atoms in total. The number of benzene rings is 1. The fraction of sp³-hybridized carbons (Fsp3) is 0.308. The molecule has 0 unspecified atom stereocenters. The number of aromatic nitrogens is 3. The van der Waals surface area contributed by atoms with Crippen molar-refractivity contribution < 1.29 is 9.18 Å². The highest BCUT2D eigenvalue weighted by Gasteiger charge is 2.17. The van der Waals surface area contributed by atoms with E-state index in [2.05, 4.69) is 20.9 Å². The van der Waals surface area contributed by atoms with Crippen LogP contribution in [0, 0.1) is 5.82 Å². The molecule has 0 saturated heterocycles. The molecule has 1 aromatic heterocycles. The third-order valence-electron chi connectivity index (χ3n) is 3.36. The molecule has 0 spiro atoms. The van der Waals surface area contributed by atoms with Crippen molar-refractivity contribution in [3.05, 3.63) is 35.4 Å². The fourth-order valence-corrected chi connectivity index (χ4v) is 2.19. The maximum absolute atomic E-state index is 14.0. The lowest BCUT2D eigenvalue weighted by Gasteiger charge is -2.18. The van der Waals surface area contributed by atoms with E-state index in [1.54, 1.807) is 24.0 Å². The van der Waals surface area contributed by atoms with Crippen molar-refractivity contribution in [2.75, 3.05) is 10.6 Å². The molecule has 7 heteroatoms. The normalized spacial score (nSPS) is 13.8. The van der Waals surface area contributed by atoms with Crippen LogP contribution in [0.25, 0.3) is 0 Å². The van der Waals surface area contributed by atoms with Crippen molar-refractivity contribution in [2.45, 2.75) is 19.4 Å². The Kier molecular flexibility index (Phi) is 3.09. The number of rotatable bonds is 3. The van der Waals surface area contributed by atoms with Gasteiger partial charge in [-0.25, -0.2) is 4.39 Å². The summed E-state index contributed by atoms with van der Waals surface area (Å²) in [6.07, 6.45) is 2.59. The third kappa shape index (κ3) is 2.34. The van der Waals surface area contributed by atoms with Gasteiger partial charge in [-0.15, -0.1) is 5.10 Å². The number of halogens is 1. The summed E-state index contributed by atoms with van der Waals surface area (Å²) in [4.78, 5) is 11.4. The molecule has 0 bridgehead atoms. The second-order valence-corrected chi connectivity index (χ2v) is 4.74. The van der Waals surface area contributed by atoms with Gasteiger partial charge in [-0.05, 0) is 24.1 Å². The van der Waals surface area contributed by atoms with E-state index in [1.807, 2.05) is 0 Å². The van der Waals surface area contributed by atoms with Crippen LogP contribution >= 0.6 is 0 Å². The Morgan fingerprint density at radius 3 is 3.05 bits per heavy atom. The summed E-state index contributed by atoms with van der Waals surface area (Å²) >= 11 is 0. The molecule has 0 radical (unpaired) electrons. The van der Waals surface area contributed by atoms with Crippen LogP contribution in [-0.2, 0) is 24.8 Å². The fourth-order valence-electron chi connectivity index (χ4n) is 2.19. The van der Waals surface area contributed by atoms with Crippen LogP contribution in [0.5, 0.6) is 0 Å². The molecule has 0 atom stereocenters. The zero-order valence-corrected chi connectivity index (χ0v) is 11.0. The van der Waals surface area contributed by atoms with Crippen molar-refractivity contribution in [1.82, 2.24) is 15.0 Å². The zero-order chi connectivity index (χ0) is 14.1. The molecule has 3 rings (SSSR count). The van der Waals surface area contributed by atoms with E-state index in [0.29, 0.717) is 30.8 Å². The largest absolute Gasteiger partial charge is 0.377 e. The molecule has 1 amide bonds. The van der Waals surface area contributed by atoms with Gasteiger partial charge in [0, 0.05) is 19.2 Å². The number of nitrogens with one attached hydrogen (secondary N) is 2. The minimum Gasteiger partial charge on any atom is -0.377 e. The Labute approximate surface area is 115 Å². The van der Waals surface area contributed by atoms with Gasteiger partial charge in [0.1, 0.15) is 5.82 Å². The van der Waals surface area contributed by atoms with Crippen LogP contribution in [0.15, 0.2) is 18.3 Å². The van der Waals surface area contributed by atoms with Crippen molar-refractivity contribution in [2.24, 2.45) is 7.05 Å². The lowest BCUT2D eigenvalue weighted by Crippen LogP contribution is -2.19. The summed E-state index contributed by atoms with van der Waals surface area (Å²) < 4.78 is 15.6. The Bertz CT molecular complexity index is 667. The smallest absolute Gasteiger partial charge is 0.224 e. The number of carbonyl (C=O) groups excluding carboxylic acids is 1. The maximum atomic E-state index is 14.0. The van der Waals surface area contributed by atoms with Crippen molar-refractivity contribution >= 4 is 17.3 Å². The lowest BCUT2D eigenvalue weighted by molar-refractivity contribution is -0.116. The number of hydrogen-bond acceptors (Lipinski definition) is 4. The molecule has 1 aromatic carbocycles. The minimum atomic E-state index is -0.324. The predicted octanol–water partition coefficient (Wildman–Crippen LogP) is 1.45. The van der Waals surface area contributed by atoms with E-state index in [4.69, 9.17) is 0 Å². The SMILES string of the molecule is Cn1nncc1CNc1cc2c(cc1F)CCC(=O)N2. The van der Waals surface area contributed by atoms with E-state index in [0.717, 1.165) is 11.3 Å². The van der Waals surface area contributed by atoms with Gasteiger partial charge in [-0.3, -0.25) is 9.48 Å². The minimum absolute atomic E-state index is 0.0362. The molecule has 0 saturated carbocycles. The molecule has 2 aromatic rings. The van der Waals surface area contributed by atoms with Gasteiger partial charge in [0.25, 0.3) is 0 Å². The lowest BCUT2D eigenvalue weighted by atomic mass is 10.0. The first kappa shape index (κ1) is 12.6. The quantitative estimate of drug-likeness (QED) is 0.889. The summed E-state index contributed by atoms with van der Waals surface area (Å²) in [5.41, 5.74) is 2.70. The maximum Gasteiger partial charge on any atom is 0.224 e. The highest BCUT2D eigenvalue weighted by molar-refractivity contribution is 5.94. The van der Waals surface area contributed by atoms with Crippen molar-refractivity contribution in [3.8, 4) is 0 Å². The van der Waals surface area contributed by atoms with E-state index in [1.165, 1.54) is 6.07 Å². The molecule has 20 heavy (non-hydrogen) atoms. The molecule has 1 aliphatic rings. The Morgan fingerprint density at radius 2 is 2.30 bits per heavy atom. The second-order valence-electron chi connectivity index (χ2n) is 4.74. The summed E-state index contributed by atoms with van der Waals surface area (Å²) in [7, 11) is 1.77. The third-order valence-corrected chi connectivity index (χ3v) is 3.36. The Morgan fingerprint density at radius 1 is 1.45 bits per heavy atom. The van der Waals surface area contributed by atoms with E-state index >= 15 is 0 Å². The first-order valence-electron chi connectivity index (χ1n) is 6.33. The standard InChI is InChI=1S/C13H14FN5O/c1-19-9(7-16-18-19)6-15-12-5-11-8(4-10(12)14)2-3-13(20)17-11/h4-5,7,15H,2-3,6H2,1H3,(H,17,20). The number of hydrogen-bond donors (Lipinski definition) is 2. The van der Waals surface area contributed by atoms with Crippen LogP contribution in [-0.4, -0.2) is 20.9 Å². The first-order chi connectivity index (χ1) is 9.63. The van der Waals surface area contributed by atoms with E-state index in [-0.39, 0.29) is 11.7 Å². The Balaban J connectivity index is 1.81. The molecule has 0 aliphatic carbocycles. The van der Waals surface area contributed by atoms with Gasteiger partial charge >= 0.3 is 0 Å². The summed E-state index contributed by atoms with van der Waals surface area (Å²) in [5.74, 6) is -0.360. The zero-order valence-electron chi connectivity index (χ0n) is 11.0. The number of aryl methyl sites for hydroxylation is 2. The van der Waals surface area contributed by atoms with Gasteiger partial charge in [0.15, 0.2) is 0 Å². The molecule has 0 fully saturated rings. The molecule has 104 valence electrons. The summed E-state index contributed by atoms with van der Waals surface area (Å²) in [6.45, 7) is 0.410. The van der Waals surface area contributed by atoms with Crippen LogP contribution < -0.4 is 10.6 Å². The van der Waals surface area contributed by atoms with Crippen molar-refractivity contribution in [1.29, 1.82) is 0 Å². The highest BCUT2D eigenvalue weighted by atomic mass is 19.1.